The summed E-state index contributed by atoms with van der Waals surface area (Å²) in [4.78, 5) is 11.1. The van der Waals surface area contributed by atoms with Gasteiger partial charge in [0.2, 0.25) is 0 Å². The molecule has 1 rings (SSSR count). The van der Waals surface area contributed by atoms with Crippen LogP contribution in [-0.2, 0) is 4.79 Å². The number of nitrogens with one attached hydrogen (secondary N) is 1. The third-order valence-electron chi connectivity index (χ3n) is 2.37. The Bertz CT molecular complexity index is 529. The molecule has 114 valence electrons. The number of halogens is 4. The van der Waals surface area contributed by atoms with E-state index in [1.807, 2.05) is 6.07 Å². The number of nitrogens with zero attached hydrogens (tertiary/aromatic N) is 1. The van der Waals surface area contributed by atoms with Crippen LogP contribution in [0.5, 0.6) is 5.75 Å². The van der Waals surface area contributed by atoms with Crippen LogP contribution in [-0.4, -0.2) is 24.9 Å². The third-order valence-corrected chi connectivity index (χ3v) is 2.37. The monoisotopic (exact) mass is 304 g/mol. The Balaban J connectivity index is 2.64. The first kappa shape index (κ1) is 16.8. The summed E-state index contributed by atoms with van der Waals surface area (Å²) in [6.45, 7) is 0.234. The lowest BCUT2D eigenvalue weighted by Crippen LogP contribution is -2.40. The van der Waals surface area contributed by atoms with E-state index in [1.165, 1.54) is 24.3 Å². The molecule has 0 unspecified atom stereocenters. The second-order valence-corrected chi connectivity index (χ2v) is 4.02. The maximum Gasteiger partial charge on any atom is 0.383 e. The largest absolute Gasteiger partial charge is 0.493 e. The summed E-state index contributed by atoms with van der Waals surface area (Å²) in [6, 6.07) is 7.34. The van der Waals surface area contributed by atoms with Gasteiger partial charge >= 0.3 is 18.3 Å². The predicted octanol–water partition coefficient (Wildman–Crippen LogP) is 3.21. The molecule has 0 atom stereocenters. The molecular weight excluding hydrogens is 292 g/mol. The Morgan fingerprint density at radius 3 is 2.76 bits per heavy atom. The van der Waals surface area contributed by atoms with Crippen LogP contribution in [0.3, 0.4) is 0 Å². The van der Waals surface area contributed by atoms with Crippen LogP contribution in [0.15, 0.2) is 24.3 Å². The maximum absolute atomic E-state index is 12.8. The molecule has 0 bridgehead atoms. The quantitative estimate of drug-likeness (QED) is 0.621. The number of nitriles is 1. The van der Waals surface area contributed by atoms with E-state index in [0.29, 0.717) is 12.8 Å². The lowest BCUT2D eigenvalue weighted by molar-refractivity contribution is -0.163. The molecule has 0 saturated heterocycles. The van der Waals surface area contributed by atoms with Gasteiger partial charge in [0.15, 0.2) is 0 Å². The summed E-state index contributed by atoms with van der Waals surface area (Å²) in [5, 5.41) is 10.0. The summed E-state index contributed by atoms with van der Waals surface area (Å²) in [5.41, 5.74) is -0.0851. The number of ether oxygens (including phenoxy) is 1. The van der Waals surface area contributed by atoms with Crippen LogP contribution in [0.1, 0.15) is 12.8 Å². The van der Waals surface area contributed by atoms with Crippen LogP contribution in [0, 0.1) is 11.3 Å². The van der Waals surface area contributed by atoms with Gasteiger partial charge in [0.1, 0.15) is 5.75 Å². The fourth-order valence-corrected chi connectivity index (χ4v) is 1.32. The minimum atomic E-state index is -4.76. The van der Waals surface area contributed by atoms with E-state index >= 15 is 0 Å². The normalized spacial score (nSPS) is 11.0. The molecule has 0 fully saturated rings. The van der Waals surface area contributed by atoms with Crippen LogP contribution in [0.4, 0.5) is 23.2 Å². The van der Waals surface area contributed by atoms with Crippen molar-refractivity contribution < 1.29 is 27.1 Å². The zero-order valence-electron chi connectivity index (χ0n) is 10.8. The molecule has 0 aliphatic heterocycles. The van der Waals surface area contributed by atoms with E-state index < -0.39 is 18.3 Å². The number of hydrogen-bond donors (Lipinski definition) is 1. The summed E-state index contributed by atoms with van der Waals surface area (Å²) < 4.78 is 54.8. The Morgan fingerprint density at radius 1 is 1.43 bits per heavy atom. The molecule has 21 heavy (non-hydrogen) atoms. The van der Waals surface area contributed by atoms with Crippen molar-refractivity contribution in [3.05, 3.63) is 24.3 Å². The highest BCUT2D eigenvalue weighted by molar-refractivity contribution is 5.96. The van der Waals surface area contributed by atoms with Crippen molar-refractivity contribution in [2.45, 2.75) is 25.2 Å². The highest BCUT2D eigenvalue weighted by atomic mass is 19.3. The number of hydrogen-bond acceptors (Lipinski definition) is 3. The highest BCUT2D eigenvalue weighted by Gasteiger charge is 2.48. The van der Waals surface area contributed by atoms with Gasteiger partial charge in [-0.25, -0.2) is 8.78 Å². The van der Waals surface area contributed by atoms with Gasteiger partial charge in [0.25, 0.3) is 0 Å². The smallest absolute Gasteiger partial charge is 0.383 e. The standard InChI is InChI=1S/C13H12F4N2O2/c14-11(15)13(16,17)12(20)19-9-4-3-5-10(8-9)21-7-2-1-6-18/h3-5,8,11H,1-2,7H2,(H,19,20). The van der Waals surface area contributed by atoms with Crippen molar-refractivity contribution in [1.29, 1.82) is 5.26 Å². The Kier molecular flexibility index (Phi) is 5.96. The minimum absolute atomic E-state index is 0.0851. The number of alkyl halides is 4. The minimum Gasteiger partial charge on any atom is -0.493 e. The number of carbonyl (C=O) groups excluding carboxylic acids is 1. The Morgan fingerprint density at radius 2 is 2.14 bits per heavy atom. The van der Waals surface area contributed by atoms with Gasteiger partial charge in [0, 0.05) is 18.2 Å². The fourth-order valence-electron chi connectivity index (χ4n) is 1.32. The van der Waals surface area contributed by atoms with E-state index in [0.717, 1.165) is 0 Å². The van der Waals surface area contributed by atoms with Crippen molar-refractivity contribution in [3.63, 3.8) is 0 Å². The first-order valence-electron chi connectivity index (χ1n) is 5.95. The molecule has 1 amide bonds. The summed E-state index contributed by atoms with van der Waals surface area (Å²) in [5.74, 6) is -6.57. The molecule has 0 aliphatic carbocycles. The van der Waals surface area contributed by atoms with Gasteiger partial charge in [-0.3, -0.25) is 4.79 Å². The van der Waals surface area contributed by atoms with Crippen molar-refractivity contribution in [3.8, 4) is 11.8 Å². The fraction of sp³-hybridized carbons (Fsp3) is 0.385. The molecule has 1 N–H and O–H groups in total. The second kappa shape index (κ2) is 7.47. The van der Waals surface area contributed by atoms with Gasteiger partial charge < -0.3 is 10.1 Å². The summed E-state index contributed by atoms with van der Waals surface area (Å²) in [7, 11) is 0. The van der Waals surface area contributed by atoms with E-state index in [2.05, 4.69) is 0 Å². The number of carbonyl (C=O) groups is 1. The predicted molar refractivity (Wildman–Crippen MR) is 66.4 cm³/mol. The van der Waals surface area contributed by atoms with Crippen molar-refractivity contribution >= 4 is 11.6 Å². The lowest BCUT2D eigenvalue weighted by Gasteiger charge is -2.15. The summed E-state index contributed by atoms with van der Waals surface area (Å²) >= 11 is 0. The Hall–Kier alpha value is -2.30. The van der Waals surface area contributed by atoms with Crippen LogP contribution >= 0.6 is 0 Å². The van der Waals surface area contributed by atoms with Gasteiger partial charge in [-0.1, -0.05) is 6.07 Å². The molecule has 0 saturated carbocycles. The Labute approximate surface area is 118 Å². The van der Waals surface area contributed by atoms with E-state index in [-0.39, 0.29) is 18.0 Å². The second-order valence-electron chi connectivity index (χ2n) is 4.02. The maximum atomic E-state index is 12.8. The first-order valence-corrected chi connectivity index (χ1v) is 5.95. The van der Waals surface area contributed by atoms with E-state index in [4.69, 9.17) is 10.00 Å². The number of unbranched alkanes of at least 4 members (excludes halogenated alkanes) is 1. The highest BCUT2D eigenvalue weighted by Crippen LogP contribution is 2.25. The molecule has 0 aromatic heterocycles. The number of amides is 1. The lowest BCUT2D eigenvalue weighted by atomic mass is 10.2. The number of rotatable bonds is 7. The third kappa shape index (κ3) is 4.95. The molecular formula is C13H12F4N2O2. The average molecular weight is 304 g/mol. The zero-order valence-corrected chi connectivity index (χ0v) is 10.8. The first-order chi connectivity index (χ1) is 9.87. The molecule has 0 heterocycles. The zero-order chi connectivity index (χ0) is 15.9. The van der Waals surface area contributed by atoms with Gasteiger partial charge in [-0.15, -0.1) is 0 Å². The molecule has 0 radical (unpaired) electrons. The van der Waals surface area contributed by atoms with Crippen LogP contribution < -0.4 is 10.1 Å². The van der Waals surface area contributed by atoms with Crippen molar-refractivity contribution in [2.75, 3.05) is 11.9 Å². The number of benzene rings is 1. The van der Waals surface area contributed by atoms with Gasteiger partial charge in [-0.2, -0.15) is 14.0 Å². The molecule has 4 nitrogen and oxygen atoms in total. The van der Waals surface area contributed by atoms with Crippen LogP contribution in [0.25, 0.3) is 0 Å². The van der Waals surface area contributed by atoms with Gasteiger partial charge in [0.05, 0.1) is 12.7 Å². The van der Waals surface area contributed by atoms with E-state index in [1.54, 1.807) is 5.32 Å². The number of anilines is 1. The molecule has 0 aliphatic rings. The van der Waals surface area contributed by atoms with Crippen LogP contribution in [0.2, 0.25) is 0 Å². The SMILES string of the molecule is N#CCCCOc1cccc(NC(=O)C(F)(F)C(F)F)c1. The molecule has 8 heteroatoms. The van der Waals surface area contributed by atoms with Gasteiger partial charge in [-0.05, 0) is 18.6 Å². The van der Waals surface area contributed by atoms with Crippen molar-refractivity contribution in [1.82, 2.24) is 0 Å². The molecule has 0 spiro atoms. The topological polar surface area (TPSA) is 62.1 Å². The van der Waals surface area contributed by atoms with Crippen molar-refractivity contribution in [2.24, 2.45) is 0 Å². The summed E-state index contributed by atoms with van der Waals surface area (Å²) in [6.07, 6.45) is -3.30. The molecule has 1 aromatic rings. The van der Waals surface area contributed by atoms with E-state index in [9.17, 15) is 22.4 Å². The molecule has 1 aromatic carbocycles. The average Bonchev–Trinajstić information content (AvgIpc) is 2.44.